The molecule has 3 aliphatic rings. The summed E-state index contributed by atoms with van der Waals surface area (Å²) in [5, 5.41) is 0. The largest absolute Gasteiger partial charge is 2.00 e. The van der Waals surface area contributed by atoms with E-state index in [4.69, 9.17) is 19.4 Å². The van der Waals surface area contributed by atoms with Crippen LogP contribution >= 0.6 is 0 Å². The molecule has 11 heteroatoms. The van der Waals surface area contributed by atoms with E-state index in [0.717, 1.165) is 106 Å². The van der Waals surface area contributed by atoms with Gasteiger partial charge in [-0.3, -0.25) is 14.4 Å². The number of nitrogens with zero attached hydrogens (tertiary/aromatic N) is 3. The van der Waals surface area contributed by atoms with Crippen LogP contribution in [0.3, 0.4) is 0 Å². The minimum absolute atomic E-state index is 0. The number of esters is 2. The van der Waals surface area contributed by atoms with Gasteiger partial charge in [0.05, 0.1) is 19.1 Å². The first-order chi connectivity index (χ1) is 34.0. The Morgan fingerprint density at radius 1 is 0.792 bits per heavy atom. The Hall–Kier alpha value is -4.48. The molecule has 2 N–H and O–H groups in total. The molecule has 2 aromatic rings. The topological polar surface area (TPSA) is 129 Å². The van der Waals surface area contributed by atoms with Crippen LogP contribution in [0.5, 0.6) is 0 Å². The number of ether oxygens (including phenoxy) is 2. The molecule has 5 heterocycles. The van der Waals surface area contributed by atoms with Crippen molar-refractivity contribution in [2.24, 2.45) is 17.8 Å². The summed E-state index contributed by atoms with van der Waals surface area (Å²) in [6.07, 6.45) is 18.0. The number of methoxy groups -OCH3 is 1. The van der Waals surface area contributed by atoms with E-state index < -0.39 is 5.97 Å². The van der Waals surface area contributed by atoms with E-state index in [0.29, 0.717) is 48.0 Å². The van der Waals surface area contributed by atoms with Gasteiger partial charge in [0.1, 0.15) is 12.2 Å². The molecule has 0 saturated heterocycles. The first-order valence-electron chi connectivity index (χ1n) is 27.2. The van der Waals surface area contributed by atoms with Crippen molar-refractivity contribution in [3.8, 4) is 0 Å². The first-order valence-corrected chi connectivity index (χ1v) is 27.2. The third-order valence-corrected chi connectivity index (χ3v) is 15.2. The summed E-state index contributed by atoms with van der Waals surface area (Å²) in [4.78, 5) is 62.1. The average molecular weight is 997 g/mol. The molecule has 8 bridgehead atoms. The van der Waals surface area contributed by atoms with Crippen molar-refractivity contribution in [1.82, 2.24) is 14.9 Å². The Morgan fingerprint density at radius 3 is 2.03 bits per heavy atom. The van der Waals surface area contributed by atoms with E-state index in [2.05, 4.69) is 105 Å². The van der Waals surface area contributed by atoms with Gasteiger partial charge in [0.25, 0.3) is 5.91 Å². The quantitative estimate of drug-likeness (QED) is 0.0521. The molecule has 0 radical (unpaired) electrons. The normalized spacial score (nSPS) is 16.1. The fourth-order valence-electron chi connectivity index (χ4n) is 10.8. The van der Waals surface area contributed by atoms with Crippen molar-refractivity contribution >= 4 is 74.2 Å². The fourth-order valence-corrected chi connectivity index (χ4v) is 10.8. The Kier molecular flexibility index (Phi) is 24.1. The van der Waals surface area contributed by atoms with Crippen molar-refractivity contribution in [3.63, 3.8) is 0 Å². The molecule has 4 unspecified atom stereocenters. The molecule has 2 aromatic heterocycles. The maximum Gasteiger partial charge on any atom is 2.00 e. The van der Waals surface area contributed by atoms with Gasteiger partial charge in [0.15, 0.2) is 0 Å². The molecule has 1 amide bonds. The summed E-state index contributed by atoms with van der Waals surface area (Å²) in [6, 6.07) is 6.22. The van der Waals surface area contributed by atoms with Crippen molar-refractivity contribution in [3.05, 3.63) is 93.4 Å². The molecular weight excluding hydrogens is 907 g/mol. The van der Waals surface area contributed by atoms with Crippen molar-refractivity contribution < 1.29 is 33.8 Å². The summed E-state index contributed by atoms with van der Waals surface area (Å²) in [5.41, 5.74) is 13.5. The zero-order chi connectivity index (χ0) is 51.9. The maximum absolute atomic E-state index is 15.0. The van der Waals surface area contributed by atoms with Gasteiger partial charge in [-0.15, -0.1) is 22.4 Å². The van der Waals surface area contributed by atoms with Gasteiger partial charge in [-0.1, -0.05) is 130 Å². The minimum Gasteiger partial charge on any atom is -0.664 e. The van der Waals surface area contributed by atoms with Crippen molar-refractivity contribution in [1.29, 1.82) is 0 Å². The van der Waals surface area contributed by atoms with E-state index in [1.165, 1.54) is 57.6 Å². The van der Waals surface area contributed by atoms with Crippen molar-refractivity contribution in [2.75, 3.05) is 26.8 Å². The minimum atomic E-state index is -0.452. The number of aromatic nitrogens is 4. The smallest absolute Gasteiger partial charge is 0.664 e. The average Bonchev–Trinajstić information content (AvgIpc) is 4.01. The van der Waals surface area contributed by atoms with Crippen LogP contribution in [0.25, 0.3) is 33.3 Å². The van der Waals surface area contributed by atoms with Crippen LogP contribution in [0.15, 0.2) is 42.5 Å². The molecule has 388 valence electrons. The zero-order valence-electron chi connectivity index (χ0n) is 46.8. The second-order valence-electron chi connectivity index (χ2n) is 21.4. The second-order valence-corrected chi connectivity index (χ2v) is 21.4. The fraction of sp³-hybridized carbons (Fsp3) is 0.590. The molecular formula is C61H89MgN5O5+2. The molecule has 72 heavy (non-hydrogen) atoms. The Balaban J connectivity index is 0.0000112. The molecule has 0 aliphatic carbocycles. The Morgan fingerprint density at radius 2 is 1.42 bits per heavy atom. The third-order valence-electron chi connectivity index (χ3n) is 15.2. The predicted octanol–water partition coefficient (Wildman–Crippen LogP) is 12.6. The molecule has 0 aromatic carbocycles. The number of hydrogen-bond acceptors (Lipinski definition) is 5. The number of nitrogens with one attached hydrogen (secondary N) is 2. The number of rotatable bonds is 26. The molecule has 4 atom stereocenters. The number of aromatic amines is 2. The van der Waals surface area contributed by atoms with E-state index in [1.54, 1.807) is 0 Å². The number of aryl methyl sites for hydroxylation is 2. The number of carbonyl (C=O) groups excluding carboxylic acids is 3. The summed E-state index contributed by atoms with van der Waals surface area (Å²) in [6.45, 7) is 31.7. The summed E-state index contributed by atoms with van der Waals surface area (Å²) < 4.78 is 11.2. The van der Waals surface area contributed by atoms with Crippen LogP contribution in [-0.2, 0) is 36.7 Å². The van der Waals surface area contributed by atoms with Crippen LogP contribution in [-0.4, -0.2) is 72.6 Å². The number of fused-ring (bicyclic) bond motifs is 8. The standard InChI is InChI=1S/C61H88N5O5.Mg/c1-15-31-66(32-16-2)61(69)58-45(13)53-37-55-47(18-4)43(11)51(63-55)36-54-46(17-3)42(10)50(62-54)35-52-44(12)48(59(64-52)49(60(58)65-53)34-57(68)70-14)28-29-56(67)71-33-30-41(9)27-21-26-40(8)25-20-24-39(7)23-19-22-38(5)6;/h17,30,35-40,44,48H,3,15-16,18-29,31-34H2,1-2,4-14H3,(H-,62,63,64,65,69);/q-1;+2/p+1/b41-30+;. The second kappa shape index (κ2) is 28.8. The van der Waals surface area contributed by atoms with Gasteiger partial charge in [0, 0.05) is 36.2 Å². The van der Waals surface area contributed by atoms with Crippen LogP contribution in [0.4, 0.5) is 0 Å². The van der Waals surface area contributed by atoms with E-state index in [9.17, 15) is 14.4 Å². The van der Waals surface area contributed by atoms with Gasteiger partial charge in [-0.2, -0.15) is 0 Å². The summed E-state index contributed by atoms with van der Waals surface area (Å²) in [5.74, 6) is 1.04. The van der Waals surface area contributed by atoms with Crippen LogP contribution in [0.1, 0.15) is 222 Å². The number of hydrogen-bond donors (Lipinski definition) is 0. The maximum atomic E-state index is 15.0. The SMILES string of the molecule is C=CC1=C(C)c2cc3[n-]c(c(CC(=O)OC)c4[nH+]c(cc5[n-]c(cc1[nH+]2)c(C)c5CC)C(C)=C4C(=O)N(CCC)CCC)C(CCC(=O)OC/C=C(\C)CCCC(C)CCCC(C)CCCC(C)C)C3C.[Mg+2]. The zero-order valence-corrected chi connectivity index (χ0v) is 48.2. The van der Waals surface area contributed by atoms with Gasteiger partial charge in [-0.25, -0.2) is 9.97 Å². The number of H-pyrrole nitrogens is 2. The molecule has 0 saturated carbocycles. The van der Waals surface area contributed by atoms with Crippen LogP contribution < -0.4 is 19.9 Å². The predicted molar refractivity (Wildman–Crippen MR) is 296 cm³/mol. The molecule has 5 rings (SSSR count). The molecule has 0 fully saturated rings. The van der Waals surface area contributed by atoms with Crippen molar-refractivity contribution in [2.45, 2.75) is 191 Å². The number of allylic oxidation sites excluding steroid dienone is 5. The van der Waals surface area contributed by atoms with E-state index in [1.807, 2.05) is 30.0 Å². The number of carbonyl (C=O) groups is 3. The summed E-state index contributed by atoms with van der Waals surface area (Å²) >= 11 is 0. The molecule has 3 aliphatic heterocycles. The van der Waals surface area contributed by atoms with Gasteiger partial charge in [-0.05, 0) is 120 Å². The third kappa shape index (κ3) is 15.5. The van der Waals surface area contributed by atoms with Crippen LogP contribution in [0, 0.1) is 24.7 Å². The van der Waals surface area contributed by atoms with E-state index >= 15 is 0 Å². The van der Waals surface area contributed by atoms with Gasteiger partial charge < -0.3 is 24.3 Å². The molecule has 10 nitrogen and oxygen atoms in total. The van der Waals surface area contributed by atoms with Crippen LogP contribution in [0.2, 0.25) is 0 Å². The van der Waals surface area contributed by atoms with E-state index in [-0.39, 0.29) is 66.2 Å². The van der Waals surface area contributed by atoms with Gasteiger partial charge >= 0.3 is 35.0 Å². The number of amides is 1. The molecule has 0 spiro atoms. The Bertz CT molecular complexity index is 2520. The first kappa shape index (κ1) is 60.1. The monoisotopic (exact) mass is 996 g/mol. The Labute approximate surface area is 449 Å². The summed E-state index contributed by atoms with van der Waals surface area (Å²) in [7, 11) is 1.38. The van der Waals surface area contributed by atoms with Gasteiger partial charge in [0.2, 0.25) is 22.8 Å².